The minimum absolute atomic E-state index is 0.465. The molecule has 14 heavy (non-hydrogen) atoms. The van der Waals surface area contributed by atoms with Crippen molar-refractivity contribution >= 4 is 0 Å². The van der Waals surface area contributed by atoms with Gasteiger partial charge < -0.3 is 11.1 Å². The summed E-state index contributed by atoms with van der Waals surface area (Å²) in [6.45, 7) is 8.87. The van der Waals surface area contributed by atoms with Crippen molar-refractivity contribution in [1.29, 1.82) is 0 Å². The Kier molecular flexibility index (Phi) is 4.39. The molecule has 2 nitrogen and oxygen atoms in total. The highest BCUT2D eigenvalue weighted by Crippen LogP contribution is 2.39. The van der Waals surface area contributed by atoms with Gasteiger partial charge >= 0.3 is 0 Å². The molecule has 0 aromatic heterocycles. The molecular formula is C12H26N2. The van der Waals surface area contributed by atoms with E-state index in [1.165, 1.54) is 25.7 Å². The minimum Gasteiger partial charge on any atom is -0.329 e. The van der Waals surface area contributed by atoms with Gasteiger partial charge in [-0.15, -0.1) is 0 Å². The highest BCUT2D eigenvalue weighted by atomic mass is 14.9. The van der Waals surface area contributed by atoms with Crippen LogP contribution >= 0.6 is 0 Å². The summed E-state index contributed by atoms with van der Waals surface area (Å²) >= 11 is 0. The van der Waals surface area contributed by atoms with Crippen LogP contribution in [-0.4, -0.2) is 19.1 Å². The third kappa shape index (κ3) is 3.25. The van der Waals surface area contributed by atoms with Crippen molar-refractivity contribution in [3.63, 3.8) is 0 Å². The van der Waals surface area contributed by atoms with Crippen molar-refractivity contribution in [2.45, 2.75) is 52.5 Å². The molecule has 0 aliphatic heterocycles. The van der Waals surface area contributed by atoms with Crippen molar-refractivity contribution in [1.82, 2.24) is 5.32 Å². The maximum Gasteiger partial charge on any atom is 0.0162 e. The molecule has 0 aromatic carbocycles. The summed E-state index contributed by atoms with van der Waals surface area (Å²) in [4.78, 5) is 0. The standard InChI is InChI=1S/C12H26N2/c1-10(8-13)14-9-11-6-4-5-7-12(11,2)3/h10-11,14H,4-9,13H2,1-3H3/t10-,11?/m1/s1. The van der Waals surface area contributed by atoms with E-state index in [1.807, 2.05) is 0 Å². The van der Waals surface area contributed by atoms with Crippen LogP contribution in [0.15, 0.2) is 0 Å². The van der Waals surface area contributed by atoms with Crippen LogP contribution in [0, 0.1) is 11.3 Å². The lowest BCUT2D eigenvalue weighted by Gasteiger charge is -2.39. The average Bonchev–Trinajstić information content (AvgIpc) is 2.15. The smallest absolute Gasteiger partial charge is 0.0162 e. The zero-order valence-corrected chi connectivity index (χ0v) is 9.97. The first kappa shape index (κ1) is 12.0. The van der Waals surface area contributed by atoms with Crippen LogP contribution in [0.4, 0.5) is 0 Å². The number of nitrogens with two attached hydrogens (primary N) is 1. The number of nitrogens with one attached hydrogen (secondary N) is 1. The second-order valence-corrected chi connectivity index (χ2v) is 5.48. The second-order valence-electron chi connectivity index (χ2n) is 5.48. The predicted molar refractivity (Wildman–Crippen MR) is 62.3 cm³/mol. The Balaban J connectivity index is 2.34. The van der Waals surface area contributed by atoms with Gasteiger partial charge in [-0.3, -0.25) is 0 Å². The summed E-state index contributed by atoms with van der Waals surface area (Å²) in [7, 11) is 0. The highest BCUT2D eigenvalue weighted by molar-refractivity contribution is 4.84. The molecule has 0 heterocycles. The fourth-order valence-corrected chi connectivity index (χ4v) is 2.37. The molecule has 0 amide bonds. The maximum absolute atomic E-state index is 5.59. The van der Waals surface area contributed by atoms with Gasteiger partial charge in [0.2, 0.25) is 0 Å². The molecule has 1 saturated carbocycles. The van der Waals surface area contributed by atoms with Crippen LogP contribution in [0.25, 0.3) is 0 Å². The Bertz CT molecular complexity index is 166. The summed E-state index contributed by atoms with van der Waals surface area (Å²) in [5.41, 5.74) is 6.12. The molecule has 2 heteroatoms. The van der Waals surface area contributed by atoms with Gasteiger partial charge in [-0.25, -0.2) is 0 Å². The van der Waals surface area contributed by atoms with Crippen LogP contribution < -0.4 is 11.1 Å². The molecule has 0 spiro atoms. The van der Waals surface area contributed by atoms with E-state index in [9.17, 15) is 0 Å². The van der Waals surface area contributed by atoms with Gasteiger partial charge in [0.15, 0.2) is 0 Å². The monoisotopic (exact) mass is 198 g/mol. The zero-order valence-electron chi connectivity index (χ0n) is 9.97. The summed E-state index contributed by atoms with van der Waals surface area (Å²) < 4.78 is 0. The molecule has 84 valence electrons. The first-order valence-electron chi connectivity index (χ1n) is 5.99. The lowest BCUT2D eigenvalue weighted by molar-refractivity contribution is 0.133. The van der Waals surface area contributed by atoms with E-state index in [-0.39, 0.29) is 0 Å². The van der Waals surface area contributed by atoms with Gasteiger partial charge in [-0.05, 0) is 37.6 Å². The first-order valence-corrected chi connectivity index (χ1v) is 5.99. The van der Waals surface area contributed by atoms with Crippen LogP contribution in [-0.2, 0) is 0 Å². The van der Waals surface area contributed by atoms with Crippen LogP contribution in [0.3, 0.4) is 0 Å². The largest absolute Gasteiger partial charge is 0.329 e. The molecular weight excluding hydrogens is 172 g/mol. The third-order valence-corrected chi connectivity index (χ3v) is 3.80. The number of rotatable bonds is 4. The summed E-state index contributed by atoms with van der Waals surface area (Å²) in [6.07, 6.45) is 5.59. The van der Waals surface area contributed by atoms with E-state index in [0.717, 1.165) is 19.0 Å². The third-order valence-electron chi connectivity index (χ3n) is 3.80. The van der Waals surface area contributed by atoms with Gasteiger partial charge in [0.05, 0.1) is 0 Å². The Labute approximate surface area is 88.6 Å². The molecule has 0 saturated heterocycles. The molecule has 1 unspecified atom stereocenters. The Hall–Kier alpha value is -0.0800. The van der Waals surface area contributed by atoms with Crippen molar-refractivity contribution in [2.24, 2.45) is 17.1 Å². The van der Waals surface area contributed by atoms with Crippen molar-refractivity contribution in [2.75, 3.05) is 13.1 Å². The Morgan fingerprint density at radius 3 is 2.71 bits per heavy atom. The molecule has 1 fully saturated rings. The fraction of sp³-hybridized carbons (Fsp3) is 1.00. The molecule has 0 radical (unpaired) electrons. The van der Waals surface area contributed by atoms with E-state index >= 15 is 0 Å². The van der Waals surface area contributed by atoms with Gasteiger partial charge in [-0.2, -0.15) is 0 Å². The molecule has 2 atom stereocenters. The number of hydrogen-bond acceptors (Lipinski definition) is 2. The Morgan fingerprint density at radius 2 is 2.14 bits per heavy atom. The van der Waals surface area contributed by atoms with Crippen LogP contribution in [0.5, 0.6) is 0 Å². The first-order chi connectivity index (χ1) is 6.56. The lowest BCUT2D eigenvalue weighted by Crippen LogP contribution is -2.41. The van der Waals surface area contributed by atoms with Gasteiger partial charge in [0.25, 0.3) is 0 Å². The summed E-state index contributed by atoms with van der Waals surface area (Å²) in [5, 5.41) is 3.53. The minimum atomic E-state index is 0.465. The summed E-state index contributed by atoms with van der Waals surface area (Å²) in [5.74, 6) is 0.838. The Morgan fingerprint density at radius 1 is 1.43 bits per heavy atom. The van der Waals surface area contributed by atoms with Crippen molar-refractivity contribution < 1.29 is 0 Å². The second kappa shape index (κ2) is 5.13. The SMILES string of the molecule is C[C@H](CN)NCC1CCCCC1(C)C. The lowest BCUT2D eigenvalue weighted by atomic mass is 9.69. The zero-order chi connectivity index (χ0) is 10.6. The molecule has 1 rings (SSSR count). The number of hydrogen-bond donors (Lipinski definition) is 2. The van der Waals surface area contributed by atoms with Crippen molar-refractivity contribution in [3.8, 4) is 0 Å². The van der Waals surface area contributed by atoms with Crippen LogP contribution in [0.1, 0.15) is 46.5 Å². The van der Waals surface area contributed by atoms with E-state index in [2.05, 4.69) is 26.1 Å². The van der Waals surface area contributed by atoms with Crippen molar-refractivity contribution in [3.05, 3.63) is 0 Å². The highest BCUT2D eigenvalue weighted by Gasteiger charge is 2.31. The fourth-order valence-electron chi connectivity index (χ4n) is 2.37. The normalized spacial score (nSPS) is 28.7. The van der Waals surface area contributed by atoms with Gasteiger partial charge in [0.1, 0.15) is 0 Å². The van der Waals surface area contributed by atoms with E-state index < -0.39 is 0 Å². The van der Waals surface area contributed by atoms with E-state index in [1.54, 1.807) is 0 Å². The van der Waals surface area contributed by atoms with E-state index in [0.29, 0.717) is 11.5 Å². The molecule has 1 aliphatic rings. The molecule has 0 aromatic rings. The molecule has 1 aliphatic carbocycles. The molecule has 0 bridgehead atoms. The topological polar surface area (TPSA) is 38.0 Å². The quantitative estimate of drug-likeness (QED) is 0.726. The van der Waals surface area contributed by atoms with Crippen LogP contribution in [0.2, 0.25) is 0 Å². The van der Waals surface area contributed by atoms with Gasteiger partial charge in [0, 0.05) is 12.6 Å². The molecule has 3 N–H and O–H groups in total. The summed E-state index contributed by atoms with van der Waals surface area (Å²) in [6, 6.07) is 0.465. The predicted octanol–water partition coefficient (Wildman–Crippen LogP) is 2.14. The van der Waals surface area contributed by atoms with E-state index in [4.69, 9.17) is 5.73 Å². The van der Waals surface area contributed by atoms with Gasteiger partial charge in [-0.1, -0.05) is 26.7 Å². The average molecular weight is 198 g/mol. The maximum atomic E-state index is 5.59.